The van der Waals surface area contributed by atoms with Crippen LogP contribution in [0.15, 0.2) is 0 Å². The number of aliphatic hydroxyl groups excluding tert-OH is 1. The minimum Gasteiger partial charge on any atom is -0.396 e. The third-order valence-corrected chi connectivity index (χ3v) is 0.968. The van der Waals surface area contributed by atoms with Gasteiger partial charge >= 0.3 is 0 Å². The van der Waals surface area contributed by atoms with Gasteiger partial charge in [0.1, 0.15) is 0 Å². The maximum absolute atomic E-state index is 10.5. The summed E-state index contributed by atoms with van der Waals surface area (Å²) in [5, 5.41) is 10.8. The van der Waals surface area contributed by atoms with Crippen molar-refractivity contribution in [1.82, 2.24) is 5.32 Å². The van der Waals surface area contributed by atoms with Crippen molar-refractivity contribution in [1.29, 1.82) is 0 Å². The Morgan fingerprint density at radius 2 is 2.38 bits per heavy atom. The molecule has 0 aliphatic heterocycles. The number of nitrogens with one attached hydrogen (secondary N) is 1. The second kappa shape index (κ2) is 3.43. The second-order valence-corrected chi connectivity index (χ2v) is 1.70. The summed E-state index contributed by atoms with van der Waals surface area (Å²) in [5.74, 6) is -0.396. The van der Waals surface area contributed by atoms with E-state index < -0.39 is 0 Å². The van der Waals surface area contributed by atoms with E-state index >= 15 is 0 Å². The lowest BCUT2D eigenvalue weighted by Gasteiger charge is -2.03. The van der Waals surface area contributed by atoms with Crippen LogP contribution in [0.25, 0.3) is 0 Å². The summed E-state index contributed by atoms with van der Waals surface area (Å²) in [4.78, 5) is 10.5. The van der Waals surface area contributed by atoms with Crippen molar-refractivity contribution >= 4 is 5.91 Å². The first kappa shape index (κ1) is 7.43. The van der Waals surface area contributed by atoms with Crippen molar-refractivity contribution in [2.24, 2.45) is 5.92 Å². The maximum Gasteiger partial charge on any atom is 0.224 e. The monoisotopic (exact) mass is 117 g/mol. The molecule has 0 aromatic heterocycles. The van der Waals surface area contributed by atoms with Crippen LogP contribution in [0.3, 0.4) is 0 Å². The zero-order valence-corrected chi connectivity index (χ0v) is 5.14. The molecule has 2 N–H and O–H groups in total. The number of carbonyl (C=O) groups excluding carboxylic acids is 1. The van der Waals surface area contributed by atoms with Gasteiger partial charge in [-0.3, -0.25) is 4.79 Å². The lowest BCUT2D eigenvalue weighted by molar-refractivity contribution is -0.125. The molecule has 0 spiro atoms. The van der Waals surface area contributed by atoms with Gasteiger partial charge in [-0.15, -0.1) is 0 Å². The smallest absolute Gasteiger partial charge is 0.224 e. The van der Waals surface area contributed by atoms with Gasteiger partial charge in [0, 0.05) is 7.05 Å². The molecule has 0 saturated heterocycles. The predicted molar refractivity (Wildman–Crippen MR) is 30.3 cm³/mol. The highest BCUT2D eigenvalue weighted by atomic mass is 16.3. The predicted octanol–water partition coefficient (Wildman–Crippen LogP) is -0.639. The molecule has 0 aliphatic rings. The normalized spacial score (nSPS) is 12.9. The molecule has 8 heavy (non-hydrogen) atoms. The SMILES string of the molecule is CNC(=O)[C@H](C)CO. The standard InChI is InChI=1S/C5H11NO2/c1-4(3-7)5(8)6-2/h4,7H,3H2,1-2H3,(H,6,8)/t4-/m1/s1. The Morgan fingerprint density at radius 3 is 2.50 bits per heavy atom. The fraction of sp³-hybridized carbons (Fsp3) is 0.800. The minimum absolute atomic E-state index is 0.0837. The van der Waals surface area contributed by atoms with E-state index in [-0.39, 0.29) is 18.4 Å². The van der Waals surface area contributed by atoms with Gasteiger partial charge in [-0.1, -0.05) is 6.92 Å². The summed E-state index contributed by atoms with van der Waals surface area (Å²) in [6, 6.07) is 0. The van der Waals surface area contributed by atoms with Crippen LogP contribution < -0.4 is 5.32 Å². The van der Waals surface area contributed by atoms with E-state index in [1.54, 1.807) is 14.0 Å². The van der Waals surface area contributed by atoms with E-state index in [1.807, 2.05) is 0 Å². The molecular weight excluding hydrogens is 106 g/mol. The Hall–Kier alpha value is -0.570. The molecule has 0 aromatic carbocycles. The van der Waals surface area contributed by atoms with E-state index in [4.69, 9.17) is 5.11 Å². The first-order valence-corrected chi connectivity index (χ1v) is 2.54. The first-order chi connectivity index (χ1) is 3.72. The van der Waals surface area contributed by atoms with Crippen LogP contribution in [0.5, 0.6) is 0 Å². The summed E-state index contributed by atoms with van der Waals surface area (Å²) in [6.07, 6.45) is 0. The van der Waals surface area contributed by atoms with E-state index in [2.05, 4.69) is 5.32 Å². The maximum atomic E-state index is 10.5. The molecule has 48 valence electrons. The largest absolute Gasteiger partial charge is 0.396 e. The molecule has 0 heterocycles. The van der Waals surface area contributed by atoms with Crippen LogP contribution in [0, 0.1) is 5.92 Å². The van der Waals surface area contributed by atoms with Gasteiger partial charge in [-0.25, -0.2) is 0 Å². The Balaban J connectivity index is 3.46. The van der Waals surface area contributed by atoms with Crippen LogP contribution in [0.2, 0.25) is 0 Å². The average Bonchev–Trinajstić information content (AvgIpc) is 1.84. The van der Waals surface area contributed by atoms with Gasteiger partial charge in [-0.05, 0) is 0 Å². The number of rotatable bonds is 2. The topological polar surface area (TPSA) is 49.3 Å². The Kier molecular flexibility index (Phi) is 3.19. The lowest BCUT2D eigenvalue weighted by atomic mass is 10.2. The van der Waals surface area contributed by atoms with Gasteiger partial charge in [0.05, 0.1) is 12.5 Å². The molecule has 0 aliphatic carbocycles. The molecular formula is C5H11NO2. The summed E-state index contributed by atoms with van der Waals surface area (Å²) in [6.45, 7) is 1.58. The highest BCUT2D eigenvalue weighted by Gasteiger charge is 2.06. The molecule has 0 radical (unpaired) electrons. The zero-order valence-electron chi connectivity index (χ0n) is 5.14. The molecule has 1 atom stereocenters. The van der Waals surface area contributed by atoms with Crippen molar-refractivity contribution in [3.63, 3.8) is 0 Å². The van der Waals surface area contributed by atoms with Gasteiger partial charge < -0.3 is 10.4 Å². The van der Waals surface area contributed by atoms with Crippen LogP contribution in [0.4, 0.5) is 0 Å². The molecule has 0 rings (SSSR count). The molecule has 0 unspecified atom stereocenters. The molecule has 3 nitrogen and oxygen atoms in total. The van der Waals surface area contributed by atoms with Gasteiger partial charge in [0.2, 0.25) is 5.91 Å². The highest BCUT2D eigenvalue weighted by molar-refractivity contribution is 5.77. The average molecular weight is 117 g/mol. The third kappa shape index (κ3) is 1.93. The summed E-state index contributed by atoms with van der Waals surface area (Å²) in [7, 11) is 1.55. The Labute approximate surface area is 48.7 Å². The fourth-order valence-electron chi connectivity index (χ4n) is 0.329. The summed E-state index contributed by atoms with van der Waals surface area (Å²) >= 11 is 0. The Bertz CT molecular complexity index is 82.5. The molecule has 3 heteroatoms. The molecule has 0 bridgehead atoms. The number of aliphatic hydroxyl groups is 1. The zero-order chi connectivity index (χ0) is 6.57. The van der Waals surface area contributed by atoms with Crippen molar-refractivity contribution in [2.45, 2.75) is 6.92 Å². The molecule has 1 amide bonds. The number of carbonyl (C=O) groups is 1. The quantitative estimate of drug-likeness (QED) is 0.505. The first-order valence-electron chi connectivity index (χ1n) is 2.54. The van der Waals surface area contributed by atoms with Crippen molar-refractivity contribution in [2.75, 3.05) is 13.7 Å². The fourth-order valence-corrected chi connectivity index (χ4v) is 0.329. The lowest BCUT2D eigenvalue weighted by Crippen LogP contribution is -2.27. The number of hydrogen-bond acceptors (Lipinski definition) is 2. The second-order valence-electron chi connectivity index (χ2n) is 1.70. The summed E-state index contributed by atoms with van der Waals surface area (Å²) in [5.41, 5.74) is 0. The molecule has 0 saturated carbocycles. The summed E-state index contributed by atoms with van der Waals surface area (Å²) < 4.78 is 0. The molecule has 0 aromatic rings. The van der Waals surface area contributed by atoms with Crippen LogP contribution >= 0.6 is 0 Å². The van der Waals surface area contributed by atoms with E-state index in [1.165, 1.54) is 0 Å². The third-order valence-electron chi connectivity index (χ3n) is 0.968. The van der Waals surface area contributed by atoms with Crippen molar-refractivity contribution < 1.29 is 9.90 Å². The van der Waals surface area contributed by atoms with E-state index in [0.29, 0.717) is 0 Å². The van der Waals surface area contributed by atoms with Crippen molar-refractivity contribution in [3.8, 4) is 0 Å². The van der Waals surface area contributed by atoms with Crippen molar-refractivity contribution in [3.05, 3.63) is 0 Å². The number of hydrogen-bond donors (Lipinski definition) is 2. The Morgan fingerprint density at radius 1 is 1.88 bits per heavy atom. The van der Waals surface area contributed by atoms with Crippen LogP contribution in [0.1, 0.15) is 6.92 Å². The van der Waals surface area contributed by atoms with Crippen LogP contribution in [-0.2, 0) is 4.79 Å². The van der Waals surface area contributed by atoms with E-state index in [0.717, 1.165) is 0 Å². The highest BCUT2D eigenvalue weighted by Crippen LogP contribution is 1.89. The van der Waals surface area contributed by atoms with Gasteiger partial charge in [-0.2, -0.15) is 0 Å². The molecule has 0 fully saturated rings. The van der Waals surface area contributed by atoms with Gasteiger partial charge in [0.15, 0.2) is 0 Å². The minimum atomic E-state index is -0.278. The van der Waals surface area contributed by atoms with E-state index in [9.17, 15) is 4.79 Å². The van der Waals surface area contributed by atoms with Gasteiger partial charge in [0.25, 0.3) is 0 Å². The van der Waals surface area contributed by atoms with Crippen LogP contribution in [-0.4, -0.2) is 24.7 Å². The number of amides is 1.